The van der Waals surface area contributed by atoms with E-state index in [9.17, 15) is 18.0 Å². The Kier molecular flexibility index (Phi) is 8.53. The van der Waals surface area contributed by atoms with Crippen molar-refractivity contribution in [2.75, 3.05) is 17.9 Å². The van der Waals surface area contributed by atoms with Crippen molar-refractivity contribution in [3.05, 3.63) is 95.0 Å². The van der Waals surface area contributed by atoms with Gasteiger partial charge in [-0.25, -0.2) is 8.42 Å². The van der Waals surface area contributed by atoms with Crippen LogP contribution in [0.2, 0.25) is 5.02 Å². The lowest BCUT2D eigenvalue weighted by molar-refractivity contribution is -0.139. The molecule has 0 aromatic heterocycles. The zero-order chi connectivity index (χ0) is 25.6. The van der Waals surface area contributed by atoms with Crippen LogP contribution in [-0.2, 0) is 26.2 Å². The molecule has 0 aliphatic heterocycles. The van der Waals surface area contributed by atoms with Gasteiger partial charge in [0.15, 0.2) is 0 Å². The lowest BCUT2D eigenvalue weighted by Crippen LogP contribution is -2.50. The summed E-state index contributed by atoms with van der Waals surface area (Å²) in [6.45, 7) is 3.00. The quantitative estimate of drug-likeness (QED) is 0.468. The number of hydrogen-bond acceptors (Lipinski definition) is 4. The lowest BCUT2D eigenvalue weighted by Gasteiger charge is -2.32. The average molecular weight is 514 g/mol. The molecule has 1 unspecified atom stereocenters. The molecule has 7 nitrogen and oxygen atoms in total. The Balaban J connectivity index is 2.01. The van der Waals surface area contributed by atoms with Gasteiger partial charge in [0, 0.05) is 18.6 Å². The Morgan fingerprint density at radius 1 is 0.943 bits per heavy atom. The molecule has 0 saturated heterocycles. The molecule has 35 heavy (non-hydrogen) atoms. The van der Waals surface area contributed by atoms with Gasteiger partial charge >= 0.3 is 0 Å². The van der Waals surface area contributed by atoms with Crippen molar-refractivity contribution in [2.24, 2.45) is 0 Å². The summed E-state index contributed by atoms with van der Waals surface area (Å²) in [6, 6.07) is 21.0. The number of rotatable bonds is 9. The largest absolute Gasteiger partial charge is 0.357 e. The molecule has 3 rings (SSSR count). The van der Waals surface area contributed by atoms with Gasteiger partial charge in [-0.2, -0.15) is 0 Å². The predicted molar refractivity (Wildman–Crippen MR) is 138 cm³/mol. The first-order valence-corrected chi connectivity index (χ1v) is 12.9. The number of nitrogens with one attached hydrogen (secondary N) is 1. The minimum absolute atomic E-state index is 0.0420. The number of halogens is 1. The first-order valence-electron chi connectivity index (χ1n) is 11.0. The molecule has 9 heteroatoms. The van der Waals surface area contributed by atoms with Crippen LogP contribution in [0.3, 0.4) is 0 Å². The van der Waals surface area contributed by atoms with E-state index in [1.165, 1.54) is 24.1 Å². The summed E-state index contributed by atoms with van der Waals surface area (Å²) in [4.78, 5) is 27.5. The van der Waals surface area contributed by atoms with Gasteiger partial charge in [0.05, 0.1) is 10.6 Å². The Hall–Kier alpha value is -3.36. The maximum atomic E-state index is 13.6. The summed E-state index contributed by atoms with van der Waals surface area (Å²) in [7, 11) is -2.59. The molecule has 184 valence electrons. The molecule has 0 spiro atoms. The van der Waals surface area contributed by atoms with Gasteiger partial charge in [0.1, 0.15) is 12.6 Å². The maximum Gasteiger partial charge on any atom is 0.264 e. The number of likely N-dealkylation sites (N-methyl/N-ethyl adjacent to an activating group) is 1. The van der Waals surface area contributed by atoms with Crippen LogP contribution in [0, 0.1) is 6.92 Å². The van der Waals surface area contributed by atoms with Gasteiger partial charge in [0.2, 0.25) is 11.8 Å². The second-order valence-corrected chi connectivity index (χ2v) is 10.3. The van der Waals surface area contributed by atoms with E-state index in [2.05, 4.69) is 5.32 Å². The van der Waals surface area contributed by atoms with Gasteiger partial charge in [-0.15, -0.1) is 0 Å². The molecule has 0 radical (unpaired) electrons. The van der Waals surface area contributed by atoms with E-state index in [-0.39, 0.29) is 17.3 Å². The molecule has 0 aliphatic carbocycles. The summed E-state index contributed by atoms with van der Waals surface area (Å²) < 4.78 is 28.3. The van der Waals surface area contributed by atoms with E-state index < -0.39 is 28.5 Å². The van der Waals surface area contributed by atoms with Crippen LogP contribution in [-0.4, -0.2) is 44.8 Å². The second-order valence-electron chi connectivity index (χ2n) is 8.06. The summed E-state index contributed by atoms with van der Waals surface area (Å²) in [6.07, 6.45) is 0. The first-order chi connectivity index (χ1) is 16.6. The smallest absolute Gasteiger partial charge is 0.264 e. The van der Waals surface area contributed by atoms with E-state index in [1.807, 2.05) is 6.92 Å². The third-order valence-electron chi connectivity index (χ3n) is 5.64. The number of benzene rings is 3. The Bertz CT molecular complexity index is 1280. The third kappa shape index (κ3) is 6.21. The monoisotopic (exact) mass is 513 g/mol. The number of sulfonamides is 1. The number of nitrogens with zero attached hydrogens (tertiary/aromatic N) is 2. The van der Waals surface area contributed by atoms with Crippen molar-refractivity contribution in [1.29, 1.82) is 0 Å². The predicted octanol–water partition coefficient (Wildman–Crippen LogP) is 4.01. The summed E-state index contributed by atoms with van der Waals surface area (Å²) in [5.74, 6) is -0.918. The van der Waals surface area contributed by atoms with Crippen molar-refractivity contribution >= 4 is 39.1 Å². The molecule has 0 aliphatic rings. The summed E-state index contributed by atoms with van der Waals surface area (Å²) in [5.41, 5.74) is 1.90. The van der Waals surface area contributed by atoms with Crippen LogP contribution in [0.15, 0.2) is 83.8 Å². The summed E-state index contributed by atoms with van der Waals surface area (Å²) >= 11 is 6.31. The average Bonchev–Trinajstić information content (AvgIpc) is 2.86. The molecule has 2 amide bonds. The minimum Gasteiger partial charge on any atom is -0.357 e. The number of para-hydroxylation sites is 1. The van der Waals surface area contributed by atoms with E-state index in [0.717, 1.165) is 9.87 Å². The molecule has 3 aromatic carbocycles. The number of carbonyl (C=O) groups excluding carboxylic acids is 2. The van der Waals surface area contributed by atoms with Crippen LogP contribution >= 0.6 is 11.6 Å². The van der Waals surface area contributed by atoms with Crippen LogP contribution in [0.4, 0.5) is 5.69 Å². The fraction of sp³-hybridized carbons (Fsp3) is 0.231. The van der Waals surface area contributed by atoms with Crippen molar-refractivity contribution in [2.45, 2.75) is 31.3 Å². The molecule has 0 bridgehead atoms. The van der Waals surface area contributed by atoms with Crippen molar-refractivity contribution < 1.29 is 18.0 Å². The zero-order valence-corrected chi connectivity index (χ0v) is 21.4. The standard InChI is InChI=1S/C26H28ClN3O4S/c1-19-13-15-23(16-14-19)35(33,34)30(22-10-5-4-6-11-22)18-25(31)29(20(2)26(32)28-3)17-21-9-7-8-12-24(21)27/h4-16,20H,17-18H2,1-3H3,(H,28,32). The Morgan fingerprint density at radius 2 is 1.54 bits per heavy atom. The summed E-state index contributed by atoms with van der Waals surface area (Å²) in [5, 5.41) is 3.00. The topological polar surface area (TPSA) is 86.8 Å². The van der Waals surface area contributed by atoms with Gasteiger partial charge in [-0.3, -0.25) is 13.9 Å². The highest BCUT2D eigenvalue weighted by Crippen LogP contribution is 2.25. The van der Waals surface area contributed by atoms with Crippen molar-refractivity contribution in [3.63, 3.8) is 0 Å². The van der Waals surface area contributed by atoms with E-state index in [0.29, 0.717) is 16.3 Å². The Morgan fingerprint density at radius 3 is 2.14 bits per heavy atom. The van der Waals surface area contributed by atoms with E-state index in [1.54, 1.807) is 73.7 Å². The molecular formula is C26H28ClN3O4S. The number of hydrogen-bond donors (Lipinski definition) is 1. The molecule has 1 N–H and O–H groups in total. The van der Waals surface area contributed by atoms with Crippen molar-refractivity contribution in [1.82, 2.24) is 10.2 Å². The first kappa shape index (κ1) is 26.2. The number of carbonyl (C=O) groups is 2. The molecule has 1 atom stereocenters. The highest BCUT2D eigenvalue weighted by atomic mass is 35.5. The second kappa shape index (κ2) is 11.4. The van der Waals surface area contributed by atoms with Crippen molar-refractivity contribution in [3.8, 4) is 0 Å². The third-order valence-corrected chi connectivity index (χ3v) is 7.80. The van der Waals surface area contributed by atoms with Gasteiger partial charge in [0.25, 0.3) is 10.0 Å². The number of aryl methyl sites for hydroxylation is 1. The molecule has 3 aromatic rings. The fourth-order valence-electron chi connectivity index (χ4n) is 3.56. The SMILES string of the molecule is CNC(=O)C(C)N(Cc1ccccc1Cl)C(=O)CN(c1ccccc1)S(=O)(=O)c1ccc(C)cc1. The van der Waals surface area contributed by atoms with Gasteiger partial charge in [-0.05, 0) is 49.7 Å². The normalized spacial score (nSPS) is 12.0. The highest BCUT2D eigenvalue weighted by molar-refractivity contribution is 7.92. The molecule has 0 saturated carbocycles. The van der Waals surface area contributed by atoms with E-state index in [4.69, 9.17) is 11.6 Å². The fourth-order valence-corrected chi connectivity index (χ4v) is 5.17. The van der Waals surface area contributed by atoms with Crippen LogP contribution in [0.5, 0.6) is 0 Å². The maximum absolute atomic E-state index is 13.6. The van der Waals surface area contributed by atoms with Gasteiger partial charge in [-0.1, -0.05) is 65.7 Å². The lowest BCUT2D eigenvalue weighted by atomic mass is 10.1. The highest BCUT2D eigenvalue weighted by Gasteiger charge is 2.32. The van der Waals surface area contributed by atoms with Crippen LogP contribution in [0.25, 0.3) is 0 Å². The van der Waals surface area contributed by atoms with Crippen LogP contribution in [0.1, 0.15) is 18.1 Å². The zero-order valence-electron chi connectivity index (χ0n) is 19.8. The van der Waals surface area contributed by atoms with E-state index >= 15 is 0 Å². The minimum atomic E-state index is -4.07. The Labute approximate surface area is 211 Å². The molecule has 0 heterocycles. The molecule has 0 fully saturated rings. The molecular weight excluding hydrogens is 486 g/mol. The van der Waals surface area contributed by atoms with Crippen LogP contribution < -0.4 is 9.62 Å². The number of anilines is 1. The van der Waals surface area contributed by atoms with Gasteiger partial charge < -0.3 is 10.2 Å². The number of amides is 2.